The lowest BCUT2D eigenvalue weighted by molar-refractivity contribution is 0.0690. The molecule has 3 aromatic rings. The number of hydrogen-bond acceptors (Lipinski definition) is 3. The van der Waals surface area contributed by atoms with Gasteiger partial charge in [-0.05, 0) is 32.0 Å². The van der Waals surface area contributed by atoms with Gasteiger partial charge < -0.3 is 5.11 Å². The van der Waals surface area contributed by atoms with E-state index in [1.165, 1.54) is 6.07 Å². The van der Waals surface area contributed by atoms with Gasteiger partial charge in [-0.15, -0.1) is 0 Å². The second kappa shape index (κ2) is 4.45. The summed E-state index contributed by atoms with van der Waals surface area (Å²) < 4.78 is 1.57. The van der Waals surface area contributed by atoms with E-state index in [1.54, 1.807) is 10.7 Å². The smallest absolute Gasteiger partial charge is 0.356 e. The molecule has 0 aliphatic rings. The molecule has 3 rings (SSSR count). The summed E-state index contributed by atoms with van der Waals surface area (Å²) in [5.74, 6) is -1.05. The Labute approximate surface area is 115 Å². The average molecular weight is 267 g/mol. The first-order valence-electron chi connectivity index (χ1n) is 6.21. The molecule has 0 unspecified atom stereocenters. The number of fused-ring (bicyclic) bond motifs is 1. The van der Waals surface area contributed by atoms with E-state index in [-0.39, 0.29) is 5.69 Å². The van der Waals surface area contributed by atoms with Gasteiger partial charge in [0.1, 0.15) is 0 Å². The van der Waals surface area contributed by atoms with Gasteiger partial charge in [-0.25, -0.2) is 14.3 Å². The van der Waals surface area contributed by atoms with E-state index in [0.717, 1.165) is 22.4 Å². The molecule has 0 amide bonds. The number of aromatic nitrogens is 3. The Bertz CT molecular complexity index is 801. The van der Waals surface area contributed by atoms with Crippen LogP contribution in [0.2, 0.25) is 0 Å². The largest absolute Gasteiger partial charge is 0.476 e. The summed E-state index contributed by atoms with van der Waals surface area (Å²) in [4.78, 5) is 15.2. The number of benzene rings is 1. The van der Waals surface area contributed by atoms with Crippen molar-refractivity contribution in [3.8, 4) is 11.3 Å². The Kier molecular flexibility index (Phi) is 2.75. The lowest BCUT2D eigenvalue weighted by Gasteiger charge is -2.07. The topological polar surface area (TPSA) is 67.5 Å². The molecule has 2 heterocycles. The van der Waals surface area contributed by atoms with Crippen molar-refractivity contribution >= 4 is 11.6 Å². The Balaban J connectivity index is 2.27. The normalized spacial score (nSPS) is 10.9. The van der Waals surface area contributed by atoms with Crippen LogP contribution < -0.4 is 0 Å². The van der Waals surface area contributed by atoms with Crippen LogP contribution in [0.15, 0.2) is 36.5 Å². The summed E-state index contributed by atoms with van der Waals surface area (Å²) in [7, 11) is 0. The van der Waals surface area contributed by atoms with Crippen LogP contribution in [0.4, 0.5) is 0 Å². The van der Waals surface area contributed by atoms with E-state index < -0.39 is 5.97 Å². The van der Waals surface area contributed by atoms with E-state index in [4.69, 9.17) is 5.11 Å². The number of rotatable bonds is 2. The molecule has 100 valence electrons. The average Bonchev–Trinajstić information content (AvgIpc) is 2.81. The highest BCUT2D eigenvalue weighted by molar-refractivity contribution is 5.87. The maximum Gasteiger partial charge on any atom is 0.356 e. The van der Waals surface area contributed by atoms with Crippen LogP contribution in [-0.2, 0) is 0 Å². The molecule has 5 nitrogen and oxygen atoms in total. The zero-order valence-electron chi connectivity index (χ0n) is 11.2. The van der Waals surface area contributed by atoms with Crippen LogP contribution in [-0.4, -0.2) is 25.7 Å². The van der Waals surface area contributed by atoms with Crippen molar-refractivity contribution in [2.45, 2.75) is 13.8 Å². The lowest BCUT2D eigenvalue weighted by atomic mass is 10.0. The first-order chi connectivity index (χ1) is 9.54. The number of nitrogens with zero attached hydrogens (tertiary/aromatic N) is 3. The summed E-state index contributed by atoms with van der Waals surface area (Å²) in [6.45, 7) is 4.06. The lowest BCUT2D eigenvalue weighted by Crippen LogP contribution is -2.00. The highest BCUT2D eigenvalue weighted by atomic mass is 16.4. The molecule has 5 heteroatoms. The number of carboxylic acid groups (broad SMARTS) is 1. The fraction of sp³-hybridized carbons (Fsp3) is 0.133. The Morgan fingerprint density at radius 2 is 1.85 bits per heavy atom. The molecule has 0 aliphatic heterocycles. The van der Waals surface area contributed by atoms with Crippen LogP contribution in [0.25, 0.3) is 16.9 Å². The molecule has 0 spiro atoms. The van der Waals surface area contributed by atoms with Crippen molar-refractivity contribution in [1.82, 2.24) is 14.6 Å². The van der Waals surface area contributed by atoms with Crippen molar-refractivity contribution in [1.29, 1.82) is 0 Å². The molecule has 0 radical (unpaired) electrons. The van der Waals surface area contributed by atoms with E-state index in [1.807, 2.05) is 32.0 Å². The minimum absolute atomic E-state index is 0.00525. The monoisotopic (exact) mass is 267 g/mol. The fourth-order valence-electron chi connectivity index (χ4n) is 2.34. The van der Waals surface area contributed by atoms with Gasteiger partial charge in [0.2, 0.25) is 0 Å². The standard InChI is InChI=1S/C15H13N3O2/c1-9-5-10(2)7-11(6-9)13-3-4-16-14-8-12(15(19)20)17-18(13)14/h3-8H,1-2H3,(H,19,20). The molecule has 0 atom stereocenters. The van der Waals surface area contributed by atoms with E-state index >= 15 is 0 Å². The van der Waals surface area contributed by atoms with Crippen molar-refractivity contribution in [2.75, 3.05) is 0 Å². The van der Waals surface area contributed by atoms with Crippen LogP contribution in [0.3, 0.4) is 0 Å². The molecule has 1 aromatic carbocycles. The number of aromatic carboxylic acids is 1. The summed E-state index contributed by atoms with van der Waals surface area (Å²) >= 11 is 0. The number of carboxylic acids is 1. The first-order valence-corrected chi connectivity index (χ1v) is 6.21. The molecule has 1 N–H and O–H groups in total. The van der Waals surface area contributed by atoms with Gasteiger partial charge in [-0.3, -0.25) is 0 Å². The third-order valence-corrected chi connectivity index (χ3v) is 3.09. The Morgan fingerprint density at radius 1 is 1.15 bits per heavy atom. The van der Waals surface area contributed by atoms with Crippen molar-refractivity contribution < 1.29 is 9.90 Å². The van der Waals surface area contributed by atoms with Gasteiger partial charge in [0.15, 0.2) is 11.3 Å². The number of aryl methyl sites for hydroxylation is 2. The molecule has 0 bridgehead atoms. The van der Waals surface area contributed by atoms with Gasteiger partial charge >= 0.3 is 5.97 Å². The maximum absolute atomic E-state index is 11.0. The van der Waals surface area contributed by atoms with E-state index in [2.05, 4.69) is 16.1 Å². The summed E-state index contributed by atoms with van der Waals surface area (Å²) in [6, 6.07) is 9.48. The minimum Gasteiger partial charge on any atom is -0.476 e. The maximum atomic E-state index is 11.0. The molecule has 2 aromatic heterocycles. The van der Waals surface area contributed by atoms with Gasteiger partial charge in [-0.1, -0.05) is 17.2 Å². The summed E-state index contributed by atoms with van der Waals surface area (Å²) in [6.07, 6.45) is 1.66. The van der Waals surface area contributed by atoms with Crippen molar-refractivity contribution in [3.05, 3.63) is 53.3 Å². The van der Waals surface area contributed by atoms with Crippen molar-refractivity contribution in [3.63, 3.8) is 0 Å². The van der Waals surface area contributed by atoms with Crippen molar-refractivity contribution in [2.24, 2.45) is 0 Å². The molecular formula is C15H13N3O2. The third kappa shape index (κ3) is 2.03. The van der Waals surface area contributed by atoms with Gasteiger partial charge in [0, 0.05) is 17.8 Å². The van der Waals surface area contributed by atoms with E-state index in [0.29, 0.717) is 5.65 Å². The summed E-state index contributed by atoms with van der Waals surface area (Å²) in [5, 5.41) is 13.1. The third-order valence-electron chi connectivity index (χ3n) is 3.09. The number of carbonyl (C=O) groups is 1. The fourth-order valence-corrected chi connectivity index (χ4v) is 2.34. The number of hydrogen-bond donors (Lipinski definition) is 1. The van der Waals surface area contributed by atoms with Gasteiger partial charge in [0.05, 0.1) is 5.69 Å². The molecule has 0 fully saturated rings. The first kappa shape index (κ1) is 12.3. The highest BCUT2D eigenvalue weighted by Gasteiger charge is 2.12. The molecule has 0 aliphatic carbocycles. The van der Waals surface area contributed by atoms with Crippen LogP contribution in [0, 0.1) is 13.8 Å². The SMILES string of the molecule is Cc1cc(C)cc(-c2ccnc3cc(C(=O)O)nn23)c1. The molecular weight excluding hydrogens is 254 g/mol. The molecule has 20 heavy (non-hydrogen) atoms. The van der Waals surface area contributed by atoms with Crippen LogP contribution >= 0.6 is 0 Å². The zero-order valence-corrected chi connectivity index (χ0v) is 11.2. The Morgan fingerprint density at radius 3 is 2.50 bits per heavy atom. The highest BCUT2D eigenvalue weighted by Crippen LogP contribution is 2.22. The van der Waals surface area contributed by atoms with Gasteiger partial charge in [0.25, 0.3) is 0 Å². The minimum atomic E-state index is -1.05. The molecule has 0 saturated heterocycles. The molecule has 0 saturated carbocycles. The second-order valence-electron chi connectivity index (χ2n) is 4.81. The predicted molar refractivity (Wildman–Crippen MR) is 74.9 cm³/mol. The summed E-state index contributed by atoms with van der Waals surface area (Å²) in [5.41, 5.74) is 4.64. The predicted octanol–water partition coefficient (Wildman–Crippen LogP) is 2.71. The zero-order chi connectivity index (χ0) is 14.3. The van der Waals surface area contributed by atoms with Crippen LogP contribution in [0.5, 0.6) is 0 Å². The van der Waals surface area contributed by atoms with E-state index in [9.17, 15) is 4.79 Å². The van der Waals surface area contributed by atoms with Crippen LogP contribution in [0.1, 0.15) is 21.6 Å². The Hall–Kier alpha value is -2.69. The second-order valence-corrected chi connectivity index (χ2v) is 4.81. The quantitative estimate of drug-likeness (QED) is 0.775. The van der Waals surface area contributed by atoms with Gasteiger partial charge in [-0.2, -0.15) is 5.10 Å².